The average molecular weight is 745 g/mol. The van der Waals surface area contributed by atoms with Crippen LogP contribution in [0.4, 0.5) is 0 Å². The second-order valence-corrected chi connectivity index (χ2v) is 16.2. The molecule has 0 saturated carbocycles. The highest BCUT2D eigenvalue weighted by Crippen LogP contribution is 2.20. The van der Waals surface area contributed by atoms with Crippen molar-refractivity contribution in [2.45, 2.75) is 265 Å². The minimum absolute atomic E-state index is 0.0146. The minimum atomic E-state index is -0.0146. The lowest BCUT2D eigenvalue weighted by Gasteiger charge is -2.18. The Hall–Kier alpha value is -1.58. The zero-order valence-electron chi connectivity index (χ0n) is 36.3. The molecule has 0 aliphatic rings. The molecule has 0 aromatic carbocycles. The predicted octanol–water partition coefficient (Wildman–Crippen LogP) is 16.3. The third-order valence-electron chi connectivity index (χ3n) is 10.9. The Morgan fingerprint density at radius 1 is 0.434 bits per heavy atom. The Bertz CT molecular complexity index is 817. The van der Waals surface area contributed by atoms with Crippen molar-refractivity contribution < 1.29 is 19.1 Å². The van der Waals surface area contributed by atoms with Gasteiger partial charge in [-0.05, 0) is 83.0 Å². The minimum Gasteiger partial charge on any atom is -0.465 e. The summed E-state index contributed by atoms with van der Waals surface area (Å²) in [5.74, 6) is 0.488. The third kappa shape index (κ3) is 39.9. The van der Waals surface area contributed by atoms with Gasteiger partial charge in [0.1, 0.15) is 6.10 Å². The van der Waals surface area contributed by atoms with Gasteiger partial charge in [-0.2, -0.15) is 0 Å². The van der Waals surface area contributed by atoms with Crippen LogP contribution < -0.4 is 0 Å². The van der Waals surface area contributed by atoms with E-state index in [4.69, 9.17) is 9.47 Å². The van der Waals surface area contributed by atoms with Gasteiger partial charge >= 0.3 is 11.9 Å². The number of carbonyl (C=O) groups excluding carboxylic acids is 2. The second kappa shape index (κ2) is 43.2. The zero-order chi connectivity index (χ0) is 38.7. The monoisotopic (exact) mass is 745 g/mol. The van der Waals surface area contributed by atoms with Crippen molar-refractivity contribution >= 4 is 11.9 Å². The van der Waals surface area contributed by atoms with Crippen molar-refractivity contribution in [2.75, 3.05) is 6.61 Å². The molecule has 0 spiro atoms. The molecule has 4 heteroatoms. The third-order valence-corrected chi connectivity index (χ3v) is 10.9. The van der Waals surface area contributed by atoms with Crippen LogP contribution in [0.15, 0.2) is 24.3 Å². The molecule has 2 unspecified atom stereocenters. The quantitative estimate of drug-likeness (QED) is 0.0355. The van der Waals surface area contributed by atoms with Gasteiger partial charge < -0.3 is 9.47 Å². The van der Waals surface area contributed by atoms with Crippen LogP contribution in [-0.2, 0) is 19.1 Å². The maximum atomic E-state index is 12.7. The fourth-order valence-corrected chi connectivity index (χ4v) is 7.17. The summed E-state index contributed by atoms with van der Waals surface area (Å²) in [6.45, 7) is 9.58. The number of carbonyl (C=O) groups is 2. The van der Waals surface area contributed by atoms with E-state index in [-0.39, 0.29) is 18.0 Å². The van der Waals surface area contributed by atoms with Crippen LogP contribution in [0.1, 0.15) is 259 Å². The van der Waals surface area contributed by atoms with E-state index < -0.39 is 0 Å². The van der Waals surface area contributed by atoms with Gasteiger partial charge in [-0.25, -0.2) is 0 Å². The van der Waals surface area contributed by atoms with Crippen LogP contribution in [0.5, 0.6) is 0 Å². The van der Waals surface area contributed by atoms with Crippen molar-refractivity contribution in [1.29, 1.82) is 0 Å². The Kier molecular flexibility index (Phi) is 41.9. The lowest BCUT2D eigenvalue weighted by Crippen LogP contribution is -2.18. The maximum absolute atomic E-state index is 12.7. The summed E-state index contributed by atoms with van der Waals surface area (Å²) in [6.07, 6.45) is 51.7. The van der Waals surface area contributed by atoms with Crippen LogP contribution in [0.3, 0.4) is 0 Å². The van der Waals surface area contributed by atoms with Gasteiger partial charge in [-0.15, -0.1) is 0 Å². The Balaban J connectivity index is 3.90. The molecule has 0 bridgehead atoms. The standard InChI is InChI=1S/C49H92O4/c1-5-9-12-15-18-19-20-21-22-23-24-25-27-33-38-43-48(50)52-45-46(8-4)40-35-30-28-29-34-39-44-49(51)53-47(41-36-31-17-14-11-7-3)42-37-32-26-16-13-10-6-2/h18-19,21-22,46-47H,5-17,20,23-45H2,1-4H3/b19-18-,22-21-. The summed E-state index contributed by atoms with van der Waals surface area (Å²) in [5, 5.41) is 0. The van der Waals surface area contributed by atoms with E-state index >= 15 is 0 Å². The van der Waals surface area contributed by atoms with Crippen molar-refractivity contribution in [3.8, 4) is 0 Å². The first-order chi connectivity index (χ1) is 26.1. The van der Waals surface area contributed by atoms with E-state index in [1.165, 1.54) is 161 Å². The highest BCUT2D eigenvalue weighted by molar-refractivity contribution is 5.69. The SMILES string of the molecule is CCCCC/C=C\C/C=C\CCCCCCCC(=O)OCC(CC)CCCCCCCCC(=O)OC(CCCCCCCC)CCCCCCCCC. The molecule has 0 aromatic rings. The summed E-state index contributed by atoms with van der Waals surface area (Å²) in [4.78, 5) is 25.0. The molecule has 2 atom stereocenters. The molecule has 0 N–H and O–H groups in total. The summed E-state index contributed by atoms with van der Waals surface area (Å²) < 4.78 is 11.7. The van der Waals surface area contributed by atoms with Crippen LogP contribution in [0, 0.1) is 5.92 Å². The van der Waals surface area contributed by atoms with Gasteiger partial charge in [0.05, 0.1) is 6.61 Å². The number of ether oxygens (including phenoxy) is 2. The molecular formula is C49H92O4. The number of hydrogen-bond acceptors (Lipinski definition) is 4. The Morgan fingerprint density at radius 3 is 1.34 bits per heavy atom. The van der Waals surface area contributed by atoms with Crippen LogP contribution in [-0.4, -0.2) is 24.6 Å². The molecule has 0 aliphatic carbocycles. The largest absolute Gasteiger partial charge is 0.465 e. The lowest BCUT2D eigenvalue weighted by atomic mass is 9.98. The van der Waals surface area contributed by atoms with Gasteiger partial charge in [0.15, 0.2) is 0 Å². The average Bonchev–Trinajstić information content (AvgIpc) is 3.16. The zero-order valence-corrected chi connectivity index (χ0v) is 36.3. The first-order valence-corrected chi connectivity index (χ1v) is 23.7. The Morgan fingerprint density at radius 2 is 0.830 bits per heavy atom. The summed E-state index contributed by atoms with van der Waals surface area (Å²) in [7, 11) is 0. The molecule has 0 aromatic heterocycles. The van der Waals surface area contributed by atoms with Crippen molar-refractivity contribution in [1.82, 2.24) is 0 Å². The normalized spacial score (nSPS) is 12.9. The predicted molar refractivity (Wildman–Crippen MR) is 232 cm³/mol. The topological polar surface area (TPSA) is 52.6 Å². The fourth-order valence-electron chi connectivity index (χ4n) is 7.17. The van der Waals surface area contributed by atoms with E-state index in [1.807, 2.05) is 0 Å². The summed E-state index contributed by atoms with van der Waals surface area (Å²) >= 11 is 0. The number of esters is 2. The Labute approximate surface area is 331 Å². The van der Waals surface area contributed by atoms with Crippen LogP contribution in [0.2, 0.25) is 0 Å². The van der Waals surface area contributed by atoms with Gasteiger partial charge in [0.25, 0.3) is 0 Å². The number of allylic oxidation sites excluding steroid dienone is 4. The smallest absolute Gasteiger partial charge is 0.306 e. The van der Waals surface area contributed by atoms with E-state index in [1.54, 1.807) is 0 Å². The van der Waals surface area contributed by atoms with Crippen LogP contribution >= 0.6 is 0 Å². The molecule has 0 saturated heterocycles. The molecule has 53 heavy (non-hydrogen) atoms. The molecule has 4 nitrogen and oxygen atoms in total. The summed E-state index contributed by atoms with van der Waals surface area (Å²) in [5.41, 5.74) is 0. The van der Waals surface area contributed by atoms with Crippen LogP contribution in [0.25, 0.3) is 0 Å². The molecule has 0 aliphatic heterocycles. The molecule has 0 heterocycles. The molecule has 312 valence electrons. The molecular weight excluding hydrogens is 653 g/mol. The second-order valence-electron chi connectivity index (χ2n) is 16.2. The first kappa shape index (κ1) is 51.4. The molecule has 0 radical (unpaired) electrons. The summed E-state index contributed by atoms with van der Waals surface area (Å²) in [6, 6.07) is 0. The molecule has 0 amide bonds. The van der Waals surface area contributed by atoms with Gasteiger partial charge in [0, 0.05) is 12.8 Å². The van der Waals surface area contributed by atoms with E-state index in [2.05, 4.69) is 52.0 Å². The molecule has 0 rings (SSSR count). The fraction of sp³-hybridized carbons (Fsp3) is 0.878. The number of unbranched alkanes of at least 4 members (excludes halogenated alkanes) is 24. The van der Waals surface area contributed by atoms with Crippen molar-refractivity contribution in [3.63, 3.8) is 0 Å². The van der Waals surface area contributed by atoms with Gasteiger partial charge in [-0.1, -0.05) is 193 Å². The van der Waals surface area contributed by atoms with Gasteiger partial charge in [0.2, 0.25) is 0 Å². The maximum Gasteiger partial charge on any atom is 0.306 e. The lowest BCUT2D eigenvalue weighted by molar-refractivity contribution is -0.150. The van der Waals surface area contributed by atoms with E-state index in [0.29, 0.717) is 25.4 Å². The van der Waals surface area contributed by atoms with Crippen molar-refractivity contribution in [3.05, 3.63) is 24.3 Å². The van der Waals surface area contributed by atoms with E-state index in [9.17, 15) is 9.59 Å². The van der Waals surface area contributed by atoms with Gasteiger partial charge in [-0.3, -0.25) is 9.59 Å². The molecule has 0 fully saturated rings. The van der Waals surface area contributed by atoms with Crippen molar-refractivity contribution in [2.24, 2.45) is 5.92 Å². The highest BCUT2D eigenvalue weighted by atomic mass is 16.5. The first-order valence-electron chi connectivity index (χ1n) is 23.7. The number of rotatable bonds is 42. The highest BCUT2D eigenvalue weighted by Gasteiger charge is 2.15. The van der Waals surface area contributed by atoms with E-state index in [0.717, 1.165) is 57.8 Å². The number of hydrogen-bond donors (Lipinski definition) is 0.